The molecule has 0 atom stereocenters. The summed E-state index contributed by atoms with van der Waals surface area (Å²) in [5.41, 5.74) is 10.2. The van der Waals surface area contributed by atoms with Crippen LogP contribution >= 0.6 is 11.3 Å². The van der Waals surface area contributed by atoms with Crippen molar-refractivity contribution < 1.29 is 0 Å². The fourth-order valence-corrected chi connectivity index (χ4v) is 4.81. The van der Waals surface area contributed by atoms with Crippen molar-refractivity contribution in [3.63, 3.8) is 0 Å². The van der Waals surface area contributed by atoms with Crippen LogP contribution in [0.3, 0.4) is 0 Å². The maximum absolute atomic E-state index is 2.23. The lowest BCUT2D eigenvalue weighted by atomic mass is 10.0. The average molecular weight is 417 g/mol. The van der Waals surface area contributed by atoms with E-state index < -0.39 is 0 Å². The molecule has 0 unspecified atom stereocenters. The third-order valence-electron chi connectivity index (χ3n) is 5.71. The summed E-state index contributed by atoms with van der Waals surface area (Å²) in [6, 6.07) is 39.7. The van der Waals surface area contributed by atoms with Crippen LogP contribution in [0.25, 0.3) is 43.1 Å². The van der Waals surface area contributed by atoms with Crippen molar-refractivity contribution in [2.75, 3.05) is 0 Å². The van der Waals surface area contributed by atoms with E-state index in [9.17, 15) is 0 Å². The highest BCUT2D eigenvalue weighted by atomic mass is 32.1. The van der Waals surface area contributed by atoms with E-state index in [1.54, 1.807) is 0 Å². The minimum absolute atomic E-state index is 1.26. The Bertz CT molecular complexity index is 1180. The number of hydrogen-bond acceptors (Lipinski definition) is 1. The predicted molar refractivity (Wildman–Crippen MR) is 136 cm³/mol. The highest BCUT2D eigenvalue weighted by molar-refractivity contribution is 7.18. The number of benzene rings is 4. The van der Waals surface area contributed by atoms with E-state index in [1.165, 1.54) is 54.3 Å². The van der Waals surface area contributed by atoms with Gasteiger partial charge in [-0.1, -0.05) is 108 Å². The second-order valence-electron chi connectivity index (χ2n) is 8.05. The zero-order chi connectivity index (χ0) is 21.2. The summed E-state index contributed by atoms with van der Waals surface area (Å²) in [4.78, 5) is 2.60. The van der Waals surface area contributed by atoms with Crippen LogP contribution in [0.4, 0.5) is 0 Å². The van der Waals surface area contributed by atoms with Gasteiger partial charge in [0.2, 0.25) is 0 Å². The Balaban J connectivity index is 1.36. The van der Waals surface area contributed by atoms with Crippen molar-refractivity contribution in [1.29, 1.82) is 0 Å². The third kappa shape index (κ3) is 4.23. The summed E-state index contributed by atoms with van der Waals surface area (Å²) in [6.45, 7) is 4.24. The Labute approximate surface area is 188 Å². The van der Waals surface area contributed by atoms with Gasteiger partial charge in [-0.05, 0) is 59.4 Å². The first-order valence-electron chi connectivity index (χ1n) is 10.6. The molecular weight excluding hydrogens is 392 g/mol. The zero-order valence-electron chi connectivity index (χ0n) is 17.8. The van der Waals surface area contributed by atoms with E-state index in [1.807, 2.05) is 11.3 Å². The predicted octanol–water partition coefficient (Wildman–Crippen LogP) is 9.03. The maximum atomic E-state index is 2.23. The van der Waals surface area contributed by atoms with Gasteiger partial charge in [-0.3, -0.25) is 0 Å². The number of rotatable bonds is 4. The summed E-state index contributed by atoms with van der Waals surface area (Å²) in [5.74, 6) is 0. The molecule has 0 bridgehead atoms. The lowest BCUT2D eigenvalue weighted by Crippen LogP contribution is -1.79. The fraction of sp³-hybridized carbons (Fsp3) is 0.0667. The molecule has 0 N–H and O–H groups in total. The summed E-state index contributed by atoms with van der Waals surface area (Å²) in [6.07, 6.45) is 0. The smallest absolute Gasteiger partial charge is 0.0349 e. The Kier molecular flexibility index (Phi) is 5.28. The summed E-state index contributed by atoms with van der Waals surface area (Å²) in [5, 5.41) is 0. The Morgan fingerprint density at radius 1 is 0.323 bits per heavy atom. The van der Waals surface area contributed by atoms with E-state index in [-0.39, 0.29) is 0 Å². The minimum atomic E-state index is 1.26. The number of thiophene rings is 1. The van der Waals surface area contributed by atoms with Gasteiger partial charge in [-0.25, -0.2) is 0 Å². The van der Waals surface area contributed by atoms with Gasteiger partial charge in [0.15, 0.2) is 0 Å². The Morgan fingerprint density at radius 3 is 0.903 bits per heavy atom. The minimum Gasteiger partial charge on any atom is -0.135 e. The molecule has 0 saturated carbocycles. The van der Waals surface area contributed by atoms with E-state index in [4.69, 9.17) is 0 Å². The van der Waals surface area contributed by atoms with Gasteiger partial charge in [-0.15, -0.1) is 11.3 Å². The second kappa shape index (κ2) is 8.37. The van der Waals surface area contributed by atoms with Crippen LogP contribution in [0.5, 0.6) is 0 Å². The molecule has 0 saturated heterocycles. The number of aryl methyl sites for hydroxylation is 2. The van der Waals surface area contributed by atoms with Crippen LogP contribution in [-0.2, 0) is 0 Å². The van der Waals surface area contributed by atoms with Gasteiger partial charge in [0.25, 0.3) is 0 Å². The average Bonchev–Trinajstić information content (AvgIpc) is 3.31. The lowest BCUT2D eigenvalue weighted by Gasteiger charge is -2.05. The first-order chi connectivity index (χ1) is 15.2. The topological polar surface area (TPSA) is 0 Å². The van der Waals surface area contributed by atoms with Gasteiger partial charge >= 0.3 is 0 Å². The van der Waals surface area contributed by atoms with E-state index in [2.05, 4.69) is 123 Å². The quantitative estimate of drug-likeness (QED) is 0.274. The summed E-state index contributed by atoms with van der Waals surface area (Å²) >= 11 is 1.85. The molecule has 0 aliphatic carbocycles. The van der Waals surface area contributed by atoms with Crippen LogP contribution in [0.15, 0.2) is 109 Å². The maximum Gasteiger partial charge on any atom is 0.0349 e. The standard InChI is InChI=1S/C30H24S/c1-21-3-7-23(8-4-21)25-11-15-27(16-12-25)29-19-20-30(31-29)28-17-13-26(14-18-28)24-9-5-22(2)6-10-24/h3-20H,1-2H3. The molecular formula is C30H24S. The molecule has 31 heavy (non-hydrogen) atoms. The second-order valence-corrected chi connectivity index (χ2v) is 9.13. The highest BCUT2D eigenvalue weighted by Gasteiger charge is 2.07. The van der Waals surface area contributed by atoms with Crippen molar-refractivity contribution >= 4 is 11.3 Å². The third-order valence-corrected chi connectivity index (χ3v) is 6.90. The van der Waals surface area contributed by atoms with Gasteiger partial charge in [0.05, 0.1) is 0 Å². The molecule has 4 aromatic carbocycles. The molecule has 1 heteroatoms. The molecule has 0 nitrogen and oxygen atoms in total. The molecule has 1 aromatic heterocycles. The van der Waals surface area contributed by atoms with Gasteiger partial charge < -0.3 is 0 Å². The first kappa shape index (κ1) is 19.5. The summed E-state index contributed by atoms with van der Waals surface area (Å²) in [7, 11) is 0. The van der Waals surface area contributed by atoms with E-state index >= 15 is 0 Å². The van der Waals surface area contributed by atoms with Crippen LogP contribution < -0.4 is 0 Å². The van der Waals surface area contributed by atoms with Crippen molar-refractivity contribution in [3.8, 4) is 43.1 Å². The normalized spacial score (nSPS) is 10.9. The lowest BCUT2D eigenvalue weighted by molar-refractivity contribution is 1.47. The van der Waals surface area contributed by atoms with E-state index in [0.717, 1.165) is 0 Å². The molecule has 0 aliphatic rings. The molecule has 150 valence electrons. The number of hydrogen-bond donors (Lipinski definition) is 0. The largest absolute Gasteiger partial charge is 0.135 e. The molecule has 0 amide bonds. The molecule has 5 rings (SSSR count). The molecule has 5 aromatic rings. The highest BCUT2D eigenvalue weighted by Crippen LogP contribution is 2.36. The van der Waals surface area contributed by atoms with Crippen LogP contribution in [0.2, 0.25) is 0 Å². The first-order valence-corrected chi connectivity index (χ1v) is 11.4. The molecule has 0 radical (unpaired) electrons. The van der Waals surface area contributed by atoms with Gasteiger partial charge in [-0.2, -0.15) is 0 Å². The van der Waals surface area contributed by atoms with Crippen molar-refractivity contribution in [2.24, 2.45) is 0 Å². The SMILES string of the molecule is Cc1ccc(-c2ccc(-c3ccc(-c4ccc(-c5ccc(C)cc5)cc4)s3)cc2)cc1. The van der Waals surface area contributed by atoms with E-state index in [0.29, 0.717) is 0 Å². The summed E-state index contributed by atoms with van der Waals surface area (Å²) < 4.78 is 0. The van der Waals surface area contributed by atoms with Crippen LogP contribution in [0.1, 0.15) is 11.1 Å². The zero-order valence-corrected chi connectivity index (χ0v) is 18.6. The molecule has 0 fully saturated rings. The molecule has 1 heterocycles. The molecule has 0 aliphatic heterocycles. The van der Waals surface area contributed by atoms with Crippen molar-refractivity contribution in [1.82, 2.24) is 0 Å². The van der Waals surface area contributed by atoms with Gasteiger partial charge in [0, 0.05) is 9.75 Å². The van der Waals surface area contributed by atoms with Crippen molar-refractivity contribution in [2.45, 2.75) is 13.8 Å². The van der Waals surface area contributed by atoms with Crippen LogP contribution in [-0.4, -0.2) is 0 Å². The van der Waals surface area contributed by atoms with Gasteiger partial charge in [0.1, 0.15) is 0 Å². The van der Waals surface area contributed by atoms with Crippen molar-refractivity contribution in [3.05, 3.63) is 120 Å². The molecule has 0 spiro atoms. The fourth-order valence-electron chi connectivity index (χ4n) is 3.79. The Morgan fingerprint density at radius 2 is 0.581 bits per heavy atom. The van der Waals surface area contributed by atoms with Crippen LogP contribution in [0, 0.1) is 13.8 Å². The monoisotopic (exact) mass is 416 g/mol. The Hall–Kier alpha value is -3.42.